The molecule has 1 amide bonds. The fourth-order valence-electron chi connectivity index (χ4n) is 2.79. The number of nitrogens with zero attached hydrogens (tertiary/aromatic N) is 2. The van der Waals surface area contributed by atoms with E-state index in [0.29, 0.717) is 5.82 Å². The van der Waals surface area contributed by atoms with Crippen LogP contribution in [0.2, 0.25) is 0 Å². The second-order valence-corrected chi connectivity index (χ2v) is 6.62. The van der Waals surface area contributed by atoms with Crippen molar-refractivity contribution in [3.05, 3.63) is 103 Å². The number of para-hydroxylation sites is 2. The van der Waals surface area contributed by atoms with E-state index in [1.54, 1.807) is 0 Å². The van der Waals surface area contributed by atoms with Crippen LogP contribution in [0.15, 0.2) is 91.3 Å². The summed E-state index contributed by atoms with van der Waals surface area (Å²) in [4.78, 5) is 20.9. The minimum atomic E-state index is -0.300. The molecule has 4 rings (SSSR count). The first kappa shape index (κ1) is 19.1. The maximum atomic E-state index is 12.4. The summed E-state index contributed by atoms with van der Waals surface area (Å²) in [6.45, 7) is 1.93. The SMILES string of the molecule is Cc1ccccc1NC(=O)c1cnc(Nc2ccc(Oc3ccccc3)cc2)cn1. The fourth-order valence-corrected chi connectivity index (χ4v) is 2.79. The molecule has 0 saturated heterocycles. The zero-order chi connectivity index (χ0) is 20.8. The topological polar surface area (TPSA) is 76.1 Å². The number of carbonyl (C=O) groups is 1. The lowest BCUT2D eigenvalue weighted by molar-refractivity contribution is 0.102. The van der Waals surface area contributed by atoms with Crippen molar-refractivity contribution in [2.75, 3.05) is 10.6 Å². The highest BCUT2D eigenvalue weighted by atomic mass is 16.5. The number of ether oxygens (including phenoxy) is 1. The molecular formula is C24H20N4O2. The molecule has 0 unspecified atom stereocenters. The molecule has 1 heterocycles. The normalized spacial score (nSPS) is 10.3. The van der Waals surface area contributed by atoms with Crippen LogP contribution < -0.4 is 15.4 Å². The van der Waals surface area contributed by atoms with Crippen molar-refractivity contribution in [3.8, 4) is 11.5 Å². The van der Waals surface area contributed by atoms with E-state index in [9.17, 15) is 4.79 Å². The van der Waals surface area contributed by atoms with Crippen molar-refractivity contribution < 1.29 is 9.53 Å². The molecule has 148 valence electrons. The second kappa shape index (κ2) is 8.87. The lowest BCUT2D eigenvalue weighted by atomic mass is 10.2. The third-order valence-electron chi connectivity index (χ3n) is 4.38. The van der Waals surface area contributed by atoms with E-state index in [1.165, 1.54) is 12.4 Å². The molecule has 0 aliphatic heterocycles. The molecule has 0 aliphatic carbocycles. The standard InChI is InChI=1S/C24H20N4O2/c1-17-7-5-6-10-21(17)28-24(29)22-15-26-23(16-25-22)27-18-11-13-20(14-12-18)30-19-8-3-2-4-9-19/h2-16H,1H3,(H,26,27)(H,28,29). The van der Waals surface area contributed by atoms with Crippen molar-refractivity contribution in [1.29, 1.82) is 0 Å². The van der Waals surface area contributed by atoms with Crippen molar-refractivity contribution in [3.63, 3.8) is 0 Å². The highest BCUT2D eigenvalue weighted by Gasteiger charge is 2.10. The Morgan fingerprint density at radius 3 is 2.20 bits per heavy atom. The number of amides is 1. The van der Waals surface area contributed by atoms with E-state index >= 15 is 0 Å². The van der Waals surface area contributed by atoms with Gasteiger partial charge >= 0.3 is 0 Å². The van der Waals surface area contributed by atoms with Gasteiger partial charge in [-0.05, 0) is 55.0 Å². The summed E-state index contributed by atoms with van der Waals surface area (Å²) in [5.41, 5.74) is 2.82. The lowest BCUT2D eigenvalue weighted by Crippen LogP contribution is -2.15. The fraction of sp³-hybridized carbons (Fsp3) is 0.0417. The van der Waals surface area contributed by atoms with Gasteiger partial charge in [0.25, 0.3) is 5.91 Å². The third kappa shape index (κ3) is 4.80. The summed E-state index contributed by atoms with van der Waals surface area (Å²) < 4.78 is 5.78. The van der Waals surface area contributed by atoms with Crippen LogP contribution in [-0.4, -0.2) is 15.9 Å². The Bertz CT molecular complexity index is 1130. The van der Waals surface area contributed by atoms with Gasteiger partial charge in [-0.25, -0.2) is 9.97 Å². The number of carbonyl (C=O) groups excluding carboxylic acids is 1. The van der Waals surface area contributed by atoms with Crippen molar-refractivity contribution in [2.45, 2.75) is 6.92 Å². The zero-order valence-electron chi connectivity index (χ0n) is 16.4. The minimum absolute atomic E-state index is 0.246. The van der Waals surface area contributed by atoms with Gasteiger partial charge in [-0.2, -0.15) is 0 Å². The van der Waals surface area contributed by atoms with E-state index in [0.717, 1.165) is 28.4 Å². The zero-order valence-corrected chi connectivity index (χ0v) is 16.4. The molecule has 2 N–H and O–H groups in total. The van der Waals surface area contributed by atoms with Crippen LogP contribution in [0, 0.1) is 6.92 Å². The van der Waals surface area contributed by atoms with E-state index in [-0.39, 0.29) is 11.6 Å². The summed E-state index contributed by atoms with van der Waals surface area (Å²) in [5.74, 6) is 1.76. The van der Waals surface area contributed by atoms with Gasteiger partial charge < -0.3 is 15.4 Å². The first-order valence-corrected chi connectivity index (χ1v) is 9.46. The minimum Gasteiger partial charge on any atom is -0.457 e. The van der Waals surface area contributed by atoms with Crippen LogP contribution in [-0.2, 0) is 0 Å². The Morgan fingerprint density at radius 2 is 1.50 bits per heavy atom. The predicted molar refractivity (Wildman–Crippen MR) is 117 cm³/mol. The molecule has 30 heavy (non-hydrogen) atoms. The van der Waals surface area contributed by atoms with Crippen LogP contribution in [0.5, 0.6) is 11.5 Å². The van der Waals surface area contributed by atoms with Crippen molar-refractivity contribution in [1.82, 2.24) is 9.97 Å². The molecule has 0 spiro atoms. The summed E-state index contributed by atoms with van der Waals surface area (Å²) in [7, 11) is 0. The van der Waals surface area contributed by atoms with E-state index in [1.807, 2.05) is 85.8 Å². The largest absolute Gasteiger partial charge is 0.457 e. The Balaban J connectivity index is 1.37. The van der Waals surface area contributed by atoms with E-state index < -0.39 is 0 Å². The van der Waals surface area contributed by atoms with E-state index in [4.69, 9.17) is 4.74 Å². The first-order chi connectivity index (χ1) is 14.7. The number of aromatic nitrogens is 2. The molecule has 0 atom stereocenters. The van der Waals surface area contributed by atoms with Gasteiger partial charge in [0, 0.05) is 11.4 Å². The first-order valence-electron chi connectivity index (χ1n) is 9.46. The number of rotatable bonds is 6. The van der Waals surface area contributed by atoms with E-state index in [2.05, 4.69) is 20.6 Å². The van der Waals surface area contributed by atoms with Crippen LogP contribution in [0.3, 0.4) is 0 Å². The monoisotopic (exact) mass is 396 g/mol. The highest BCUT2D eigenvalue weighted by Crippen LogP contribution is 2.23. The smallest absolute Gasteiger partial charge is 0.275 e. The predicted octanol–water partition coefficient (Wildman–Crippen LogP) is 5.57. The lowest BCUT2D eigenvalue weighted by Gasteiger charge is -2.09. The maximum Gasteiger partial charge on any atom is 0.275 e. The molecule has 6 heteroatoms. The molecule has 4 aromatic rings. The average molecular weight is 396 g/mol. The molecule has 1 aromatic heterocycles. The Labute approximate surface area is 174 Å². The number of hydrogen-bond acceptors (Lipinski definition) is 5. The van der Waals surface area contributed by atoms with Crippen LogP contribution >= 0.6 is 0 Å². The van der Waals surface area contributed by atoms with Crippen LogP contribution in [0.1, 0.15) is 16.1 Å². The molecule has 0 saturated carbocycles. The number of hydrogen-bond donors (Lipinski definition) is 2. The van der Waals surface area contributed by atoms with Gasteiger partial charge in [0.15, 0.2) is 0 Å². The van der Waals surface area contributed by atoms with Gasteiger partial charge in [-0.1, -0.05) is 36.4 Å². The molecule has 3 aromatic carbocycles. The Morgan fingerprint density at radius 1 is 0.800 bits per heavy atom. The molecule has 0 bridgehead atoms. The molecule has 6 nitrogen and oxygen atoms in total. The summed E-state index contributed by atoms with van der Waals surface area (Å²) in [6.07, 6.45) is 2.98. The average Bonchev–Trinajstić information content (AvgIpc) is 2.78. The molecule has 0 fully saturated rings. The maximum absolute atomic E-state index is 12.4. The molecule has 0 aliphatic rings. The quantitative estimate of drug-likeness (QED) is 0.445. The van der Waals surface area contributed by atoms with Gasteiger partial charge in [0.05, 0.1) is 12.4 Å². The van der Waals surface area contributed by atoms with Gasteiger partial charge in [-0.15, -0.1) is 0 Å². The number of aryl methyl sites for hydroxylation is 1. The van der Waals surface area contributed by atoms with Crippen molar-refractivity contribution >= 4 is 23.1 Å². The Kier molecular flexibility index (Phi) is 5.66. The number of nitrogens with one attached hydrogen (secondary N) is 2. The molecule has 0 radical (unpaired) electrons. The number of anilines is 3. The molecular weight excluding hydrogens is 376 g/mol. The summed E-state index contributed by atoms with van der Waals surface area (Å²) in [5, 5.41) is 6.01. The highest BCUT2D eigenvalue weighted by molar-refractivity contribution is 6.03. The van der Waals surface area contributed by atoms with Gasteiger partial charge in [-0.3, -0.25) is 4.79 Å². The Hall–Kier alpha value is -4.19. The van der Waals surface area contributed by atoms with Crippen LogP contribution in [0.25, 0.3) is 0 Å². The summed E-state index contributed by atoms with van der Waals surface area (Å²) >= 11 is 0. The number of benzene rings is 3. The summed E-state index contributed by atoms with van der Waals surface area (Å²) in [6, 6.07) is 24.7. The van der Waals surface area contributed by atoms with Crippen LogP contribution in [0.4, 0.5) is 17.2 Å². The van der Waals surface area contributed by atoms with Crippen molar-refractivity contribution in [2.24, 2.45) is 0 Å². The second-order valence-electron chi connectivity index (χ2n) is 6.62. The third-order valence-corrected chi connectivity index (χ3v) is 4.38. The van der Waals surface area contributed by atoms with Gasteiger partial charge in [0.2, 0.25) is 0 Å². The van der Waals surface area contributed by atoms with Gasteiger partial charge in [0.1, 0.15) is 23.0 Å².